The fourth-order valence-corrected chi connectivity index (χ4v) is 3.46. The summed E-state index contributed by atoms with van der Waals surface area (Å²) in [5.74, 6) is -5.64. The molecule has 1 aromatic rings. The minimum atomic E-state index is -5.24. The molecule has 2 rings (SSSR count). The number of esters is 1. The lowest BCUT2D eigenvalue weighted by atomic mass is 9.83. The molecule has 11 heteroatoms. The average molecular weight is 437 g/mol. The Hall–Kier alpha value is -2.72. The van der Waals surface area contributed by atoms with Gasteiger partial charge in [-0.05, 0) is 37.5 Å². The molecule has 1 fully saturated rings. The molecule has 1 aromatic carbocycles. The summed E-state index contributed by atoms with van der Waals surface area (Å²) in [5, 5.41) is 0. The number of rotatable bonds is 5. The third-order valence-corrected chi connectivity index (χ3v) is 4.82. The number of likely N-dealkylation sites (tertiary alicyclic amines) is 1. The van der Waals surface area contributed by atoms with E-state index in [0.29, 0.717) is 12.1 Å². The Morgan fingerprint density at radius 2 is 1.77 bits per heavy atom. The molecule has 0 unspecified atom stereocenters. The predicted octanol–water partition coefficient (Wildman–Crippen LogP) is 4.03. The Balaban J connectivity index is 2.36. The Morgan fingerprint density at radius 1 is 1.17 bits per heavy atom. The van der Waals surface area contributed by atoms with Crippen LogP contribution in [-0.2, 0) is 25.2 Å². The second kappa shape index (κ2) is 9.40. The van der Waals surface area contributed by atoms with E-state index in [1.165, 1.54) is 0 Å². The Kier molecular flexibility index (Phi) is 7.38. The molecule has 0 radical (unpaired) electrons. The zero-order valence-electron chi connectivity index (χ0n) is 16.2. The molecule has 1 saturated heterocycles. The number of hydrogen-bond donors (Lipinski definition) is 0. The van der Waals surface area contributed by atoms with Crippen LogP contribution < -0.4 is 0 Å². The smallest absolute Gasteiger partial charge is 0.422 e. The summed E-state index contributed by atoms with van der Waals surface area (Å²) in [6.45, 7) is 1.60. The first-order chi connectivity index (χ1) is 14.0. The number of piperidine rings is 1. The molecule has 1 amide bonds. The molecule has 6 nitrogen and oxygen atoms in total. The van der Waals surface area contributed by atoms with E-state index < -0.39 is 59.6 Å². The number of ketones is 1. The largest absolute Gasteiger partial charge is 0.466 e. The number of Topliss-reactive ketones (excluding diaryl/α,β-unsaturated/α-hetero) is 1. The van der Waals surface area contributed by atoms with E-state index in [0.717, 1.165) is 12.0 Å². The van der Waals surface area contributed by atoms with Crippen LogP contribution in [-0.4, -0.2) is 43.0 Å². The number of carbonyl (C=O) groups is 3. The van der Waals surface area contributed by atoms with Crippen molar-refractivity contribution in [3.63, 3.8) is 0 Å². The summed E-state index contributed by atoms with van der Waals surface area (Å²) < 4.78 is 76.0. The number of nitrogens with zero attached hydrogens (tertiary/aromatic N) is 1. The summed E-state index contributed by atoms with van der Waals surface area (Å²) in [6, 6.07) is -0.135. The molecule has 1 aliphatic heterocycles. The lowest BCUT2D eigenvalue weighted by Crippen LogP contribution is -2.43. The van der Waals surface area contributed by atoms with Gasteiger partial charge in [0.2, 0.25) is 0 Å². The zero-order valence-corrected chi connectivity index (χ0v) is 16.2. The van der Waals surface area contributed by atoms with Crippen molar-refractivity contribution in [2.45, 2.75) is 38.4 Å². The summed E-state index contributed by atoms with van der Waals surface area (Å²) in [4.78, 5) is 37.1. The van der Waals surface area contributed by atoms with Gasteiger partial charge in [-0.1, -0.05) is 0 Å². The number of carbonyl (C=O) groups excluding carboxylic acids is 3. The highest BCUT2D eigenvalue weighted by Crippen LogP contribution is 2.39. The number of halogens is 5. The second-order valence-electron chi connectivity index (χ2n) is 6.71. The minimum Gasteiger partial charge on any atom is -0.466 e. The van der Waals surface area contributed by atoms with Crippen LogP contribution in [0.15, 0.2) is 12.1 Å². The molecule has 30 heavy (non-hydrogen) atoms. The van der Waals surface area contributed by atoms with Crippen LogP contribution in [0.5, 0.6) is 0 Å². The van der Waals surface area contributed by atoms with Gasteiger partial charge in [0.15, 0.2) is 0 Å². The highest BCUT2D eigenvalue weighted by atomic mass is 19.4. The third kappa shape index (κ3) is 5.25. The van der Waals surface area contributed by atoms with Gasteiger partial charge in [-0.3, -0.25) is 9.59 Å². The first-order valence-corrected chi connectivity index (χ1v) is 9.08. The quantitative estimate of drug-likeness (QED) is 0.395. The monoisotopic (exact) mass is 437 g/mol. The maximum absolute atomic E-state index is 14.1. The summed E-state index contributed by atoms with van der Waals surface area (Å²) in [5.41, 5.74) is -2.29. The van der Waals surface area contributed by atoms with E-state index in [9.17, 15) is 36.3 Å². The SMILES string of the molecule is CCOC(=O)CC(=O)[C@@H]1CCN(C(=O)OC)[C@H](c2cc(F)c(C(F)(F)F)c(F)c2)C1. The van der Waals surface area contributed by atoms with Crippen molar-refractivity contribution >= 4 is 17.8 Å². The fourth-order valence-electron chi connectivity index (χ4n) is 3.46. The van der Waals surface area contributed by atoms with Crippen LogP contribution in [0.25, 0.3) is 0 Å². The summed E-state index contributed by atoms with van der Waals surface area (Å²) in [6.07, 6.45) is -6.61. The van der Waals surface area contributed by atoms with E-state index in [-0.39, 0.29) is 31.6 Å². The Bertz CT molecular complexity index is 803. The van der Waals surface area contributed by atoms with Gasteiger partial charge >= 0.3 is 18.2 Å². The van der Waals surface area contributed by atoms with Crippen LogP contribution in [0.4, 0.5) is 26.7 Å². The summed E-state index contributed by atoms with van der Waals surface area (Å²) >= 11 is 0. The van der Waals surface area contributed by atoms with Gasteiger partial charge in [0.1, 0.15) is 29.4 Å². The van der Waals surface area contributed by atoms with Crippen molar-refractivity contribution in [3.8, 4) is 0 Å². The van der Waals surface area contributed by atoms with Crippen molar-refractivity contribution in [3.05, 3.63) is 34.9 Å². The Morgan fingerprint density at radius 3 is 2.27 bits per heavy atom. The number of benzene rings is 1. The molecule has 1 heterocycles. The van der Waals surface area contributed by atoms with Crippen molar-refractivity contribution in [1.29, 1.82) is 0 Å². The maximum Gasteiger partial charge on any atom is 0.422 e. The molecule has 0 aromatic heterocycles. The number of amides is 1. The van der Waals surface area contributed by atoms with Crippen molar-refractivity contribution in [2.24, 2.45) is 5.92 Å². The van der Waals surface area contributed by atoms with Gasteiger partial charge < -0.3 is 14.4 Å². The van der Waals surface area contributed by atoms with Gasteiger partial charge in [-0.15, -0.1) is 0 Å². The molecule has 0 N–H and O–H groups in total. The predicted molar refractivity (Wildman–Crippen MR) is 92.2 cm³/mol. The van der Waals surface area contributed by atoms with Crippen molar-refractivity contribution in [1.82, 2.24) is 4.90 Å². The van der Waals surface area contributed by atoms with E-state index in [1.807, 2.05) is 0 Å². The van der Waals surface area contributed by atoms with Gasteiger partial charge in [0.25, 0.3) is 0 Å². The number of ether oxygens (including phenoxy) is 2. The van der Waals surface area contributed by atoms with E-state index in [1.54, 1.807) is 6.92 Å². The molecule has 1 aliphatic rings. The first-order valence-electron chi connectivity index (χ1n) is 9.08. The molecule has 166 valence electrons. The van der Waals surface area contributed by atoms with E-state index in [2.05, 4.69) is 4.74 Å². The van der Waals surface area contributed by atoms with Crippen LogP contribution in [0.1, 0.15) is 43.4 Å². The normalized spacial score (nSPS) is 19.4. The fraction of sp³-hybridized carbons (Fsp3) is 0.526. The Labute approximate surface area is 168 Å². The topological polar surface area (TPSA) is 72.9 Å². The van der Waals surface area contributed by atoms with E-state index >= 15 is 0 Å². The second-order valence-corrected chi connectivity index (χ2v) is 6.71. The molecular formula is C19H20F5NO5. The first kappa shape index (κ1) is 23.6. The lowest BCUT2D eigenvalue weighted by Gasteiger charge is -2.38. The molecule has 0 saturated carbocycles. The third-order valence-electron chi connectivity index (χ3n) is 4.82. The molecular weight excluding hydrogens is 417 g/mol. The number of hydrogen-bond acceptors (Lipinski definition) is 5. The van der Waals surface area contributed by atoms with Crippen LogP contribution >= 0.6 is 0 Å². The lowest BCUT2D eigenvalue weighted by molar-refractivity contribution is -0.147. The standard InChI is InChI=1S/C19H20F5NO5/c1-3-30-16(27)9-15(26)10-4-5-25(18(28)29-2)14(8-10)11-6-12(20)17(13(21)7-11)19(22,23)24/h6-7,10,14H,3-5,8-9H2,1-2H3/t10-,14+/m1/s1. The number of methoxy groups -OCH3 is 1. The van der Waals surface area contributed by atoms with Crippen LogP contribution in [0.3, 0.4) is 0 Å². The highest BCUT2D eigenvalue weighted by Gasteiger charge is 2.41. The number of alkyl halides is 3. The zero-order chi connectivity index (χ0) is 22.6. The van der Waals surface area contributed by atoms with Crippen LogP contribution in [0.2, 0.25) is 0 Å². The van der Waals surface area contributed by atoms with Gasteiger partial charge in [-0.25, -0.2) is 13.6 Å². The van der Waals surface area contributed by atoms with E-state index in [4.69, 9.17) is 4.74 Å². The highest BCUT2D eigenvalue weighted by molar-refractivity contribution is 5.97. The van der Waals surface area contributed by atoms with Crippen LogP contribution in [0, 0.1) is 17.6 Å². The molecule has 0 aliphatic carbocycles. The average Bonchev–Trinajstić information content (AvgIpc) is 2.65. The van der Waals surface area contributed by atoms with Gasteiger partial charge in [-0.2, -0.15) is 13.2 Å². The molecule has 0 bridgehead atoms. The van der Waals surface area contributed by atoms with Crippen molar-refractivity contribution in [2.75, 3.05) is 20.3 Å². The molecule has 0 spiro atoms. The minimum absolute atomic E-state index is 0.0547. The van der Waals surface area contributed by atoms with Gasteiger partial charge in [0, 0.05) is 12.5 Å². The van der Waals surface area contributed by atoms with Crippen molar-refractivity contribution < 1.29 is 45.8 Å². The maximum atomic E-state index is 14.1. The summed E-state index contributed by atoms with van der Waals surface area (Å²) in [7, 11) is 1.07. The van der Waals surface area contributed by atoms with Gasteiger partial charge in [0.05, 0.1) is 19.8 Å². The molecule has 2 atom stereocenters.